The predicted octanol–water partition coefficient (Wildman–Crippen LogP) is 1.74. The number of methoxy groups -OCH3 is 2. The number of carbonyl (C=O) groups excluding carboxylic acids is 2. The summed E-state index contributed by atoms with van der Waals surface area (Å²) in [6.07, 6.45) is 0. The van der Waals surface area contributed by atoms with Crippen molar-refractivity contribution < 1.29 is 23.8 Å². The van der Waals surface area contributed by atoms with Crippen LogP contribution in [0.3, 0.4) is 0 Å². The molecule has 1 aromatic carbocycles. The first-order chi connectivity index (χ1) is 11.6. The first-order valence-corrected chi connectivity index (χ1v) is 7.85. The van der Waals surface area contributed by atoms with E-state index in [9.17, 15) is 9.59 Å². The lowest BCUT2D eigenvalue weighted by Crippen LogP contribution is -2.39. The van der Waals surface area contributed by atoms with Crippen LogP contribution in [-0.4, -0.2) is 48.2 Å². The fourth-order valence-electron chi connectivity index (χ4n) is 2.39. The Bertz CT molecular complexity index is 850. The Morgan fingerprint density at radius 2 is 2.00 bits per heavy atom. The Labute approximate surface area is 145 Å². The smallest absolute Gasteiger partial charge is 0.355 e. The third-order valence-electron chi connectivity index (χ3n) is 3.45. The lowest BCUT2D eigenvalue weighted by atomic mass is 10.1. The molecule has 10 heteroatoms. The number of ether oxygens (including phenoxy) is 3. The van der Waals surface area contributed by atoms with Gasteiger partial charge >= 0.3 is 11.9 Å². The van der Waals surface area contributed by atoms with Crippen LogP contribution in [0.4, 0.5) is 5.69 Å². The van der Waals surface area contributed by atoms with Crippen molar-refractivity contribution in [1.82, 2.24) is 8.75 Å². The molecule has 0 atom stereocenters. The van der Waals surface area contributed by atoms with Gasteiger partial charge in [0.15, 0.2) is 0 Å². The van der Waals surface area contributed by atoms with Gasteiger partial charge in [0.05, 0.1) is 48.8 Å². The third-order valence-corrected chi connectivity index (χ3v) is 4.30. The summed E-state index contributed by atoms with van der Waals surface area (Å²) in [6, 6.07) is 3.36. The van der Waals surface area contributed by atoms with Crippen LogP contribution in [0.1, 0.15) is 0 Å². The van der Waals surface area contributed by atoms with E-state index in [4.69, 9.17) is 25.8 Å². The molecule has 0 saturated heterocycles. The molecule has 0 saturated carbocycles. The monoisotopic (exact) mass is 369 g/mol. The average molecular weight is 370 g/mol. The van der Waals surface area contributed by atoms with Gasteiger partial charge in [0.25, 0.3) is 0 Å². The number of hydrogen-bond donors (Lipinski definition) is 0. The molecule has 0 fully saturated rings. The minimum absolute atomic E-state index is 0.00128. The summed E-state index contributed by atoms with van der Waals surface area (Å²) in [7, 11) is 2.45. The van der Waals surface area contributed by atoms with Gasteiger partial charge in [0, 0.05) is 0 Å². The maximum absolute atomic E-state index is 12.3. The molecule has 1 aromatic heterocycles. The summed E-state index contributed by atoms with van der Waals surface area (Å²) in [4.78, 5) is 25.8. The van der Waals surface area contributed by atoms with Crippen molar-refractivity contribution in [3.63, 3.8) is 0 Å². The summed E-state index contributed by atoms with van der Waals surface area (Å²) >= 11 is 7.33. The molecule has 0 unspecified atom stereocenters. The van der Waals surface area contributed by atoms with Crippen LogP contribution >= 0.6 is 23.3 Å². The van der Waals surface area contributed by atoms with Crippen LogP contribution in [-0.2, 0) is 23.8 Å². The summed E-state index contributed by atoms with van der Waals surface area (Å²) in [5.74, 6) is -1.38. The van der Waals surface area contributed by atoms with Crippen molar-refractivity contribution in [2.45, 2.75) is 0 Å². The minimum atomic E-state index is -0.699. The molecule has 0 aliphatic carbocycles. The third kappa shape index (κ3) is 2.70. The molecule has 126 valence electrons. The van der Waals surface area contributed by atoms with E-state index in [1.165, 1.54) is 19.1 Å². The number of aromatic nitrogens is 2. The second-order valence-electron chi connectivity index (χ2n) is 4.74. The number of halogens is 1. The Hall–Kier alpha value is -2.23. The maximum atomic E-state index is 12.3. The van der Waals surface area contributed by atoms with Crippen molar-refractivity contribution in [2.75, 3.05) is 32.5 Å². The SMILES string of the molecule is COC(=O)C1=C(C(=O)OC)N(c2c(Cl)ccc3nsnc23)COC1. The Morgan fingerprint density at radius 1 is 1.25 bits per heavy atom. The van der Waals surface area contributed by atoms with E-state index < -0.39 is 11.9 Å². The molecular weight excluding hydrogens is 358 g/mol. The number of fused-ring (bicyclic) bond motifs is 1. The fraction of sp³-hybridized carbons (Fsp3) is 0.286. The van der Waals surface area contributed by atoms with E-state index in [0.29, 0.717) is 21.7 Å². The zero-order valence-corrected chi connectivity index (χ0v) is 14.3. The largest absolute Gasteiger partial charge is 0.466 e. The summed E-state index contributed by atoms with van der Waals surface area (Å²) in [6.45, 7) is -0.0716. The Morgan fingerprint density at radius 3 is 2.71 bits per heavy atom. The summed E-state index contributed by atoms with van der Waals surface area (Å²) < 4.78 is 23.4. The van der Waals surface area contributed by atoms with Gasteiger partial charge in [0.2, 0.25) is 0 Å². The van der Waals surface area contributed by atoms with E-state index >= 15 is 0 Å². The van der Waals surface area contributed by atoms with E-state index in [-0.39, 0.29) is 24.6 Å². The quantitative estimate of drug-likeness (QED) is 0.755. The van der Waals surface area contributed by atoms with Gasteiger partial charge in [-0.1, -0.05) is 11.6 Å². The highest BCUT2D eigenvalue weighted by Gasteiger charge is 2.34. The highest BCUT2D eigenvalue weighted by molar-refractivity contribution is 7.00. The zero-order chi connectivity index (χ0) is 17.3. The molecule has 8 nitrogen and oxygen atoms in total. The number of carbonyl (C=O) groups is 2. The van der Waals surface area contributed by atoms with Crippen LogP contribution in [0.15, 0.2) is 23.4 Å². The van der Waals surface area contributed by atoms with E-state index in [2.05, 4.69) is 8.75 Å². The molecule has 24 heavy (non-hydrogen) atoms. The molecule has 2 heterocycles. The van der Waals surface area contributed by atoms with Crippen LogP contribution in [0.2, 0.25) is 5.02 Å². The molecular formula is C14H12ClN3O5S. The molecule has 1 aliphatic rings. The van der Waals surface area contributed by atoms with Crippen LogP contribution < -0.4 is 4.90 Å². The van der Waals surface area contributed by atoms with E-state index in [1.54, 1.807) is 12.1 Å². The van der Waals surface area contributed by atoms with Gasteiger partial charge in [0.1, 0.15) is 23.5 Å². The summed E-state index contributed by atoms with van der Waals surface area (Å²) in [5.41, 5.74) is 1.60. The molecule has 0 spiro atoms. The molecule has 3 rings (SSSR count). The van der Waals surface area contributed by atoms with Crippen LogP contribution in [0, 0.1) is 0 Å². The molecule has 0 amide bonds. The van der Waals surface area contributed by atoms with Gasteiger partial charge in [-0.3, -0.25) is 0 Å². The minimum Gasteiger partial charge on any atom is -0.466 e. The van der Waals surface area contributed by atoms with Gasteiger partial charge in [-0.25, -0.2) is 9.59 Å². The Balaban J connectivity index is 2.24. The van der Waals surface area contributed by atoms with Gasteiger partial charge in [-0.05, 0) is 12.1 Å². The number of benzene rings is 1. The van der Waals surface area contributed by atoms with Crippen molar-refractivity contribution in [3.05, 3.63) is 28.4 Å². The van der Waals surface area contributed by atoms with Gasteiger partial charge in [-0.2, -0.15) is 8.75 Å². The highest BCUT2D eigenvalue weighted by Crippen LogP contribution is 2.37. The maximum Gasteiger partial charge on any atom is 0.355 e. The van der Waals surface area contributed by atoms with Gasteiger partial charge in [-0.15, -0.1) is 0 Å². The van der Waals surface area contributed by atoms with Crippen molar-refractivity contribution in [1.29, 1.82) is 0 Å². The second kappa shape index (κ2) is 6.71. The van der Waals surface area contributed by atoms with Crippen LogP contribution in [0.25, 0.3) is 11.0 Å². The fourth-order valence-corrected chi connectivity index (χ4v) is 3.18. The number of nitrogens with zero attached hydrogens (tertiary/aromatic N) is 3. The van der Waals surface area contributed by atoms with E-state index in [0.717, 1.165) is 11.7 Å². The lowest BCUT2D eigenvalue weighted by molar-refractivity contribution is -0.140. The predicted molar refractivity (Wildman–Crippen MR) is 86.8 cm³/mol. The standard InChI is InChI=1S/C14H12ClN3O5S/c1-21-13(19)7-5-23-6-18(11(7)14(20)22-2)12-8(15)3-4-9-10(12)17-24-16-9/h3-4H,5-6H2,1-2H3. The molecule has 0 bridgehead atoms. The second-order valence-corrected chi connectivity index (χ2v) is 5.68. The molecule has 2 aromatic rings. The zero-order valence-electron chi connectivity index (χ0n) is 12.7. The lowest BCUT2D eigenvalue weighted by Gasteiger charge is -2.31. The van der Waals surface area contributed by atoms with Crippen molar-refractivity contribution >= 4 is 52.0 Å². The highest BCUT2D eigenvalue weighted by atomic mass is 35.5. The van der Waals surface area contributed by atoms with Crippen molar-refractivity contribution in [2.24, 2.45) is 0 Å². The topological polar surface area (TPSA) is 90.9 Å². The molecule has 0 radical (unpaired) electrons. The molecule has 1 aliphatic heterocycles. The number of rotatable bonds is 3. The number of anilines is 1. The first kappa shape index (κ1) is 16.6. The first-order valence-electron chi connectivity index (χ1n) is 6.74. The number of hydrogen-bond acceptors (Lipinski definition) is 9. The Kier molecular flexibility index (Phi) is 4.65. The number of esters is 2. The van der Waals surface area contributed by atoms with Crippen molar-refractivity contribution in [3.8, 4) is 0 Å². The average Bonchev–Trinajstić information content (AvgIpc) is 3.08. The molecule has 0 N–H and O–H groups in total. The normalized spacial score (nSPS) is 14.9. The van der Waals surface area contributed by atoms with Crippen LogP contribution in [0.5, 0.6) is 0 Å². The summed E-state index contributed by atoms with van der Waals surface area (Å²) in [5, 5.41) is 0.339. The van der Waals surface area contributed by atoms with Gasteiger partial charge < -0.3 is 19.1 Å². The van der Waals surface area contributed by atoms with E-state index in [1.807, 2.05) is 0 Å².